The van der Waals surface area contributed by atoms with Crippen molar-refractivity contribution in [3.8, 4) is 16.9 Å². The van der Waals surface area contributed by atoms with Crippen LogP contribution in [0.1, 0.15) is 19.1 Å². The average Bonchev–Trinajstić information content (AvgIpc) is 3.48. The summed E-state index contributed by atoms with van der Waals surface area (Å²) in [5.74, 6) is 1.19. The molecule has 0 unspecified atom stereocenters. The first-order valence-electron chi connectivity index (χ1n) is 12.8. The van der Waals surface area contributed by atoms with E-state index in [4.69, 9.17) is 20.9 Å². The van der Waals surface area contributed by atoms with Gasteiger partial charge in [0.15, 0.2) is 23.2 Å². The third-order valence-corrected chi connectivity index (χ3v) is 6.85. The molecule has 5 rings (SSSR count). The molecule has 1 aliphatic rings. The number of anilines is 3. The minimum Gasteiger partial charge on any atom is -0.493 e. The van der Waals surface area contributed by atoms with E-state index < -0.39 is 31.1 Å². The van der Waals surface area contributed by atoms with Crippen molar-refractivity contribution in [3.05, 3.63) is 54.9 Å². The molecule has 4 atom stereocenters. The van der Waals surface area contributed by atoms with Crippen LogP contribution in [-0.4, -0.2) is 80.0 Å². The molecular formula is C27H33N7O5. The number of nitrogens with zero attached hydrogens (tertiary/aromatic N) is 5. The topological polar surface area (TPSA) is 178 Å². The van der Waals surface area contributed by atoms with Gasteiger partial charge in [0, 0.05) is 24.4 Å². The van der Waals surface area contributed by atoms with Gasteiger partial charge in [-0.15, -0.1) is 0 Å². The Morgan fingerprint density at radius 3 is 2.59 bits per heavy atom. The summed E-state index contributed by atoms with van der Waals surface area (Å²) in [7, 11) is 1.80. The highest BCUT2D eigenvalue weighted by atomic mass is 16.6. The van der Waals surface area contributed by atoms with Crippen molar-refractivity contribution in [3.63, 3.8) is 0 Å². The SMILES string of the molecule is CN(c1ccc(-c2ccccc2)c(OCCCCN)c1)c1nc2c(N)ncnc2n1[C@@H]1O[C@H](CO)[C@@H](O)[C@H]1O. The highest BCUT2D eigenvalue weighted by Gasteiger charge is 2.45. The summed E-state index contributed by atoms with van der Waals surface area (Å²) in [6.07, 6.45) is -1.72. The van der Waals surface area contributed by atoms with Gasteiger partial charge in [-0.25, -0.2) is 15.0 Å². The lowest BCUT2D eigenvalue weighted by Crippen LogP contribution is -2.33. The Kier molecular flexibility index (Phi) is 7.91. The Bertz CT molecular complexity index is 1420. The summed E-state index contributed by atoms with van der Waals surface area (Å²) in [5, 5.41) is 30.9. The largest absolute Gasteiger partial charge is 0.493 e. The van der Waals surface area contributed by atoms with Crippen LogP contribution in [0.3, 0.4) is 0 Å². The highest BCUT2D eigenvalue weighted by Crippen LogP contribution is 2.40. The van der Waals surface area contributed by atoms with Crippen LogP contribution in [0.15, 0.2) is 54.9 Å². The molecule has 39 heavy (non-hydrogen) atoms. The zero-order valence-electron chi connectivity index (χ0n) is 21.6. The van der Waals surface area contributed by atoms with Gasteiger partial charge in [-0.2, -0.15) is 0 Å². The summed E-state index contributed by atoms with van der Waals surface area (Å²) in [5.41, 5.74) is 15.1. The van der Waals surface area contributed by atoms with Crippen LogP contribution in [0.25, 0.3) is 22.3 Å². The zero-order chi connectivity index (χ0) is 27.5. The predicted octanol–water partition coefficient (Wildman–Crippen LogP) is 1.57. The second kappa shape index (κ2) is 11.5. The van der Waals surface area contributed by atoms with E-state index in [1.165, 1.54) is 6.33 Å². The zero-order valence-corrected chi connectivity index (χ0v) is 21.6. The van der Waals surface area contributed by atoms with Gasteiger partial charge in [0.05, 0.1) is 13.2 Å². The van der Waals surface area contributed by atoms with Gasteiger partial charge in [-0.3, -0.25) is 4.57 Å². The molecule has 0 bridgehead atoms. The summed E-state index contributed by atoms with van der Waals surface area (Å²) < 4.78 is 13.6. The molecule has 2 aromatic heterocycles. The number of unbranched alkanes of at least 4 members (excludes halogenated alkanes) is 1. The maximum atomic E-state index is 10.8. The number of fused-ring (bicyclic) bond motifs is 1. The Hall–Kier alpha value is -3.81. The highest BCUT2D eigenvalue weighted by molar-refractivity contribution is 5.85. The van der Waals surface area contributed by atoms with E-state index in [1.807, 2.05) is 48.5 Å². The van der Waals surface area contributed by atoms with E-state index in [0.29, 0.717) is 36.0 Å². The normalized spacial score (nSPS) is 20.9. The molecule has 1 aliphatic heterocycles. The number of aromatic nitrogens is 4. The van der Waals surface area contributed by atoms with Gasteiger partial charge in [-0.1, -0.05) is 30.3 Å². The van der Waals surface area contributed by atoms with Gasteiger partial charge in [0.25, 0.3) is 0 Å². The van der Waals surface area contributed by atoms with Gasteiger partial charge in [0.1, 0.15) is 30.4 Å². The number of hydrogen-bond acceptors (Lipinski definition) is 11. The summed E-state index contributed by atoms with van der Waals surface area (Å²) in [4.78, 5) is 14.9. The van der Waals surface area contributed by atoms with E-state index in [2.05, 4.69) is 15.0 Å². The monoisotopic (exact) mass is 535 g/mol. The van der Waals surface area contributed by atoms with Gasteiger partial charge in [0.2, 0.25) is 5.95 Å². The molecule has 12 heteroatoms. The second-order valence-electron chi connectivity index (χ2n) is 9.39. The van der Waals surface area contributed by atoms with Gasteiger partial charge < -0.3 is 41.2 Å². The number of rotatable bonds is 10. The van der Waals surface area contributed by atoms with Gasteiger partial charge in [-0.05, 0) is 37.1 Å². The van der Waals surface area contributed by atoms with Crippen LogP contribution in [0.5, 0.6) is 5.75 Å². The molecule has 4 aromatic rings. The minimum absolute atomic E-state index is 0.156. The Morgan fingerprint density at radius 1 is 1.08 bits per heavy atom. The maximum absolute atomic E-state index is 10.8. The average molecular weight is 536 g/mol. The molecule has 0 aliphatic carbocycles. The molecule has 206 valence electrons. The van der Waals surface area contributed by atoms with E-state index in [0.717, 1.165) is 29.7 Å². The molecule has 0 radical (unpaired) electrons. The van der Waals surface area contributed by atoms with E-state index >= 15 is 0 Å². The van der Waals surface area contributed by atoms with Crippen molar-refractivity contribution in [2.45, 2.75) is 37.4 Å². The first-order valence-corrected chi connectivity index (χ1v) is 12.8. The van der Waals surface area contributed by atoms with Crippen LogP contribution in [0, 0.1) is 0 Å². The van der Waals surface area contributed by atoms with E-state index in [1.54, 1.807) is 16.5 Å². The fraction of sp³-hybridized carbons (Fsp3) is 0.370. The Morgan fingerprint density at radius 2 is 1.87 bits per heavy atom. The summed E-state index contributed by atoms with van der Waals surface area (Å²) >= 11 is 0. The molecule has 1 saturated heterocycles. The summed E-state index contributed by atoms with van der Waals surface area (Å²) in [6.45, 7) is 0.647. The number of nitrogen functional groups attached to an aromatic ring is 1. The minimum atomic E-state index is -1.34. The first-order chi connectivity index (χ1) is 18.9. The Labute approximate surface area is 225 Å². The molecule has 3 heterocycles. The number of aliphatic hydroxyl groups excluding tert-OH is 3. The lowest BCUT2D eigenvalue weighted by Gasteiger charge is -2.25. The van der Waals surface area contributed by atoms with Crippen LogP contribution >= 0.6 is 0 Å². The fourth-order valence-electron chi connectivity index (χ4n) is 4.72. The third kappa shape index (κ3) is 5.12. The molecule has 12 nitrogen and oxygen atoms in total. The predicted molar refractivity (Wildman–Crippen MR) is 146 cm³/mol. The number of ether oxygens (including phenoxy) is 2. The van der Waals surface area contributed by atoms with Crippen molar-refractivity contribution >= 4 is 28.6 Å². The number of benzene rings is 2. The van der Waals surface area contributed by atoms with Crippen molar-refractivity contribution in [1.29, 1.82) is 0 Å². The maximum Gasteiger partial charge on any atom is 0.214 e. The van der Waals surface area contributed by atoms with E-state index in [-0.39, 0.29) is 5.82 Å². The third-order valence-electron chi connectivity index (χ3n) is 6.85. The van der Waals surface area contributed by atoms with Crippen molar-refractivity contribution in [2.75, 3.05) is 37.4 Å². The lowest BCUT2D eigenvalue weighted by atomic mass is 10.0. The van der Waals surface area contributed by atoms with Crippen molar-refractivity contribution in [2.24, 2.45) is 5.73 Å². The quantitative estimate of drug-likeness (QED) is 0.186. The lowest BCUT2D eigenvalue weighted by molar-refractivity contribution is -0.0503. The number of hydrogen-bond donors (Lipinski definition) is 5. The standard InChI is InChI=1S/C27H33N7O5/c1-33(17-9-10-18(16-7-3-2-4-8-16)19(13-17)38-12-6-5-11-28)27-32-21-24(29)30-15-31-25(21)34(27)26-23(37)22(36)20(14-35)39-26/h2-4,7-10,13,15,20,22-23,26,35-37H,5-6,11-12,14,28H2,1H3,(H2,29,30,31)/t20-,22-,23-,26-/m1/s1. The molecule has 0 saturated carbocycles. The number of imidazole rings is 1. The van der Waals surface area contributed by atoms with E-state index in [9.17, 15) is 15.3 Å². The molecule has 0 amide bonds. The van der Waals surface area contributed by atoms with Crippen molar-refractivity contribution in [1.82, 2.24) is 19.5 Å². The Balaban J connectivity index is 1.58. The van der Waals surface area contributed by atoms with Crippen LogP contribution < -0.4 is 21.1 Å². The molecule has 7 N–H and O–H groups in total. The smallest absolute Gasteiger partial charge is 0.214 e. The number of aliphatic hydroxyl groups is 3. The molecule has 2 aromatic carbocycles. The first kappa shape index (κ1) is 26.8. The van der Waals surface area contributed by atoms with Crippen molar-refractivity contribution < 1.29 is 24.8 Å². The molecule has 1 fully saturated rings. The molecule has 0 spiro atoms. The van der Waals surface area contributed by atoms with Crippen LogP contribution in [0.2, 0.25) is 0 Å². The van der Waals surface area contributed by atoms with Crippen LogP contribution in [0.4, 0.5) is 17.5 Å². The number of nitrogens with two attached hydrogens (primary N) is 2. The van der Waals surface area contributed by atoms with Gasteiger partial charge >= 0.3 is 0 Å². The van der Waals surface area contributed by atoms with Crippen LogP contribution in [-0.2, 0) is 4.74 Å². The fourth-order valence-corrected chi connectivity index (χ4v) is 4.72. The molecular weight excluding hydrogens is 502 g/mol. The second-order valence-corrected chi connectivity index (χ2v) is 9.39. The summed E-state index contributed by atoms with van der Waals surface area (Å²) in [6, 6.07) is 15.8.